The highest BCUT2D eigenvalue weighted by Crippen LogP contribution is 2.22. The molecule has 0 aliphatic carbocycles. The number of rotatable bonds is 6. The van der Waals surface area contributed by atoms with Crippen LogP contribution >= 0.6 is 0 Å². The van der Waals surface area contributed by atoms with E-state index in [2.05, 4.69) is 42.9 Å². The van der Waals surface area contributed by atoms with Crippen molar-refractivity contribution in [2.24, 2.45) is 0 Å². The Balaban J connectivity index is 2.00. The van der Waals surface area contributed by atoms with Gasteiger partial charge in [-0.05, 0) is 41.7 Å². The number of hydrogen-bond donors (Lipinski definition) is 1. The summed E-state index contributed by atoms with van der Waals surface area (Å²) in [6.07, 6.45) is 4.01. The zero-order chi connectivity index (χ0) is 18.4. The second kappa shape index (κ2) is 8.15. The lowest BCUT2D eigenvalue weighted by atomic mass is 9.87. The van der Waals surface area contributed by atoms with Gasteiger partial charge in [0.1, 0.15) is 5.82 Å². The molecule has 1 aromatic heterocycles. The monoisotopic (exact) mass is 339 g/mol. The number of pyridine rings is 1. The number of carbonyl (C=O) groups excluding carboxylic acids is 1. The second-order valence-corrected chi connectivity index (χ2v) is 7.46. The molecule has 4 heteroatoms. The van der Waals surface area contributed by atoms with Gasteiger partial charge in [-0.1, -0.05) is 46.2 Å². The van der Waals surface area contributed by atoms with Gasteiger partial charge in [-0.2, -0.15) is 0 Å². The maximum Gasteiger partial charge on any atom is 0.255 e. The summed E-state index contributed by atoms with van der Waals surface area (Å²) in [6, 6.07) is 11.6. The Morgan fingerprint density at radius 2 is 1.80 bits per heavy atom. The molecular formula is C21H29N3O. The average Bonchev–Trinajstić information content (AvgIpc) is 2.59. The molecular weight excluding hydrogens is 310 g/mol. The molecule has 1 aromatic carbocycles. The first kappa shape index (κ1) is 19.0. The first-order valence-corrected chi connectivity index (χ1v) is 8.90. The van der Waals surface area contributed by atoms with Gasteiger partial charge in [-0.3, -0.25) is 4.79 Å². The molecule has 1 heterocycles. The Morgan fingerprint density at radius 3 is 2.32 bits per heavy atom. The number of carbonyl (C=O) groups is 1. The van der Waals surface area contributed by atoms with Crippen molar-refractivity contribution in [1.29, 1.82) is 0 Å². The van der Waals surface area contributed by atoms with Gasteiger partial charge in [0.15, 0.2) is 0 Å². The number of amides is 1. The van der Waals surface area contributed by atoms with Crippen LogP contribution in [0.25, 0.3) is 0 Å². The third-order valence-corrected chi connectivity index (χ3v) is 4.26. The van der Waals surface area contributed by atoms with Crippen LogP contribution in [-0.4, -0.2) is 24.5 Å². The van der Waals surface area contributed by atoms with Gasteiger partial charge in [-0.25, -0.2) is 4.98 Å². The number of unbranched alkanes of at least 4 members (excludes halogenated alkanes) is 1. The van der Waals surface area contributed by atoms with E-state index in [1.807, 2.05) is 43.4 Å². The molecule has 0 spiro atoms. The maximum absolute atomic E-state index is 12.4. The van der Waals surface area contributed by atoms with E-state index in [0.717, 1.165) is 25.2 Å². The lowest BCUT2D eigenvalue weighted by Gasteiger charge is -2.19. The topological polar surface area (TPSA) is 45.2 Å². The molecule has 0 unspecified atom stereocenters. The number of anilines is 2. The highest BCUT2D eigenvalue weighted by molar-refractivity contribution is 6.04. The SMILES string of the molecule is CCCCN(C)c1ccc(NC(=O)c2ccc(C(C)(C)C)cc2)cn1. The summed E-state index contributed by atoms with van der Waals surface area (Å²) in [7, 11) is 2.03. The molecule has 0 aliphatic rings. The number of benzene rings is 1. The minimum atomic E-state index is -0.116. The summed E-state index contributed by atoms with van der Waals surface area (Å²) in [6.45, 7) is 9.63. The summed E-state index contributed by atoms with van der Waals surface area (Å²) in [5.41, 5.74) is 2.65. The smallest absolute Gasteiger partial charge is 0.255 e. The van der Waals surface area contributed by atoms with E-state index in [0.29, 0.717) is 11.3 Å². The van der Waals surface area contributed by atoms with E-state index in [9.17, 15) is 4.79 Å². The standard InChI is InChI=1S/C21H29N3O/c1-6-7-14-24(5)19-13-12-18(15-22-19)23-20(25)16-8-10-17(11-9-16)21(2,3)4/h8-13,15H,6-7,14H2,1-5H3,(H,23,25). The highest BCUT2D eigenvalue weighted by atomic mass is 16.1. The second-order valence-electron chi connectivity index (χ2n) is 7.46. The molecule has 4 nitrogen and oxygen atoms in total. The number of hydrogen-bond acceptors (Lipinski definition) is 3. The van der Waals surface area contributed by atoms with Crippen molar-refractivity contribution in [3.8, 4) is 0 Å². The predicted molar refractivity (Wildman–Crippen MR) is 106 cm³/mol. The average molecular weight is 339 g/mol. The molecule has 0 atom stereocenters. The Hall–Kier alpha value is -2.36. The molecule has 2 rings (SSSR count). The van der Waals surface area contributed by atoms with E-state index < -0.39 is 0 Å². The zero-order valence-electron chi connectivity index (χ0n) is 16.0. The molecule has 25 heavy (non-hydrogen) atoms. The van der Waals surface area contributed by atoms with Gasteiger partial charge in [0.25, 0.3) is 5.91 Å². The van der Waals surface area contributed by atoms with Crippen molar-refractivity contribution in [3.63, 3.8) is 0 Å². The first-order valence-electron chi connectivity index (χ1n) is 8.90. The minimum absolute atomic E-state index is 0.0819. The lowest BCUT2D eigenvalue weighted by molar-refractivity contribution is 0.102. The molecule has 0 radical (unpaired) electrons. The number of aromatic nitrogens is 1. The van der Waals surface area contributed by atoms with Crippen molar-refractivity contribution >= 4 is 17.4 Å². The minimum Gasteiger partial charge on any atom is -0.360 e. The normalized spacial score (nSPS) is 11.2. The van der Waals surface area contributed by atoms with Gasteiger partial charge in [0.05, 0.1) is 11.9 Å². The Kier molecular flexibility index (Phi) is 6.18. The van der Waals surface area contributed by atoms with Crippen LogP contribution in [0.2, 0.25) is 0 Å². The van der Waals surface area contributed by atoms with Crippen LogP contribution in [0.3, 0.4) is 0 Å². The van der Waals surface area contributed by atoms with E-state index in [1.165, 1.54) is 5.56 Å². The summed E-state index contributed by atoms with van der Waals surface area (Å²) in [5, 5.41) is 2.91. The summed E-state index contributed by atoms with van der Waals surface area (Å²) < 4.78 is 0. The molecule has 0 saturated heterocycles. The van der Waals surface area contributed by atoms with Crippen molar-refractivity contribution in [1.82, 2.24) is 4.98 Å². The summed E-state index contributed by atoms with van der Waals surface area (Å²) in [4.78, 5) is 18.9. The van der Waals surface area contributed by atoms with Gasteiger partial charge in [-0.15, -0.1) is 0 Å². The highest BCUT2D eigenvalue weighted by Gasteiger charge is 2.14. The molecule has 2 aromatic rings. The maximum atomic E-state index is 12.4. The van der Waals surface area contributed by atoms with Gasteiger partial charge in [0.2, 0.25) is 0 Å². The van der Waals surface area contributed by atoms with E-state index in [-0.39, 0.29) is 11.3 Å². The fraction of sp³-hybridized carbons (Fsp3) is 0.429. The molecule has 0 bridgehead atoms. The molecule has 0 saturated carbocycles. The van der Waals surface area contributed by atoms with Crippen LogP contribution in [0.15, 0.2) is 42.6 Å². The van der Waals surface area contributed by atoms with Crippen molar-refractivity contribution < 1.29 is 4.79 Å². The number of nitrogens with one attached hydrogen (secondary N) is 1. The van der Waals surface area contributed by atoms with Crippen LogP contribution in [0.5, 0.6) is 0 Å². The predicted octanol–water partition coefficient (Wildman–Crippen LogP) is 4.87. The van der Waals surface area contributed by atoms with Gasteiger partial charge >= 0.3 is 0 Å². The number of nitrogens with zero attached hydrogens (tertiary/aromatic N) is 2. The molecule has 0 aliphatic heterocycles. The van der Waals surface area contributed by atoms with Crippen LogP contribution in [0.1, 0.15) is 56.5 Å². The molecule has 0 fully saturated rings. The van der Waals surface area contributed by atoms with Crippen molar-refractivity contribution in [2.75, 3.05) is 23.8 Å². The first-order chi connectivity index (χ1) is 11.8. The molecule has 1 amide bonds. The Bertz CT molecular complexity index is 685. The largest absolute Gasteiger partial charge is 0.360 e. The summed E-state index contributed by atoms with van der Waals surface area (Å²) >= 11 is 0. The zero-order valence-corrected chi connectivity index (χ0v) is 16.0. The van der Waals surface area contributed by atoms with E-state index in [4.69, 9.17) is 0 Å². The molecule has 134 valence electrons. The third-order valence-electron chi connectivity index (χ3n) is 4.26. The van der Waals surface area contributed by atoms with Crippen molar-refractivity contribution in [3.05, 3.63) is 53.7 Å². The fourth-order valence-corrected chi connectivity index (χ4v) is 2.52. The fourth-order valence-electron chi connectivity index (χ4n) is 2.52. The van der Waals surface area contributed by atoms with Gasteiger partial charge < -0.3 is 10.2 Å². The third kappa shape index (κ3) is 5.31. The Morgan fingerprint density at radius 1 is 1.12 bits per heavy atom. The van der Waals surface area contributed by atoms with Crippen LogP contribution in [0, 0.1) is 0 Å². The van der Waals surface area contributed by atoms with E-state index >= 15 is 0 Å². The van der Waals surface area contributed by atoms with Crippen LogP contribution in [0.4, 0.5) is 11.5 Å². The van der Waals surface area contributed by atoms with E-state index in [1.54, 1.807) is 6.20 Å². The molecule has 1 N–H and O–H groups in total. The van der Waals surface area contributed by atoms with Crippen molar-refractivity contribution in [2.45, 2.75) is 46.0 Å². The van der Waals surface area contributed by atoms with Gasteiger partial charge in [0, 0.05) is 19.2 Å². The summed E-state index contributed by atoms with van der Waals surface area (Å²) in [5.74, 6) is 0.801. The van der Waals surface area contributed by atoms with Crippen LogP contribution < -0.4 is 10.2 Å². The lowest BCUT2D eigenvalue weighted by Crippen LogP contribution is -2.19. The Labute approximate surface area is 151 Å². The quantitative estimate of drug-likeness (QED) is 0.817. The van der Waals surface area contributed by atoms with Crippen LogP contribution in [-0.2, 0) is 5.41 Å².